The fourth-order valence-electron chi connectivity index (χ4n) is 4.64. The van der Waals surface area contributed by atoms with E-state index in [-0.39, 0.29) is 31.7 Å². The quantitative estimate of drug-likeness (QED) is 0.544. The SMILES string of the molecule is Cc1ccc(S(=O)(=O)c2cccc(S(=O)(=O)NC3CCCC3)c2)cc1S(=O)(=O)NC1CCCC1. The van der Waals surface area contributed by atoms with Crippen molar-refractivity contribution in [2.45, 2.75) is 90.0 Å². The van der Waals surface area contributed by atoms with E-state index in [9.17, 15) is 25.3 Å². The Morgan fingerprint density at radius 1 is 0.647 bits per heavy atom. The maximum atomic E-state index is 13.4. The predicted molar refractivity (Wildman–Crippen MR) is 128 cm³/mol. The van der Waals surface area contributed by atoms with Crippen LogP contribution in [0.3, 0.4) is 0 Å². The Labute approximate surface area is 202 Å². The van der Waals surface area contributed by atoms with Crippen LogP contribution in [-0.4, -0.2) is 37.3 Å². The van der Waals surface area contributed by atoms with Gasteiger partial charge < -0.3 is 0 Å². The smallest absolute Gasteiger partial charge is 0.219 e. The first-order valence-electron chi connectivity index (χ1n) is 11.5. The second kappa shape index (κ2) is 9.69. The average molecular weight is 527 g/mol. The number of hydrogen-bond acceptors (Lipinski definition) is 6. The van der Waals surface area contributed by atoms with Crippen molar-refractivity contribution in [1.82, 2.24) is 9.44 Å². The third-order valence-electron chi connectivity index (χ3n) is 6.54. The molecule has 2 fully saturated rings. The molecule has 0 spiro atoms. The van der Waals surface area contributed by atoms with Crippen molar-refractivity contribution in [2.75, 3.05) is 0 Å². The van der Waals surface area contributed by atoms with Gasteiger partial charge in [-0.2, -0.15) is 0 Å². The summed E-state index contributed by atoms with van der Waals surface area (Å²) < 4.78 is 83.6. The standard InChI is InChI=1S/C23H30N2O6S3/c1-17-13-14-21(16-23(17)34(30,31)25-19-9-4-5-10-19)32(26,27)20-11-6-12-22(15-20)33(28,29)24-18-7-2-3-8-18/h6,11-16,18-19,24-25H,2-5,7-10H2,1H3. The maximum absolute atomic E-state index is 13.4. The van der Waals surface area contributed by atoms with Gasteiger partial charge in [0.25, 0.3) is 0 Å². The van der Waals surface area contributed by atoms with E-state index >= 15 is 0 Å². The number of hydrogen-bond donors (Lipinski definition) is 2. The highest BCUT2D eigenvalue weighted by Crippen LogP contribution is 2.28. The largest absolute Gasteiger partial charge is 0.241 e. The summed E-state index contributed by atoms with van der Waals surface area (Å²) in [5.74, 6) is 0. The summed E-state index contributed by atoms with van der Waals surface area (Å²) in [4.78, 5) is -0.642. The third kappa shape index (κ3) is 5.38. The van der Waals surface area contributed by atoms with Crippen LogP contribution < -0.4 is 9.44 Å². The molecule has 2 aromatic carbocycles. The highest BCUT2D eigenvalue weighted by molar-refractivity contribution is 7.92. The van der Waals surface area contributed by atoms with Crippen molar-refractivity contribution >= 4 is 29.9 Å². The van der Waals surface area contributed by atoms with Gasteiger partial charge in [0.2, 0.25) is 29.9 Å². The van der Waals surface area contributed by atoms with Gasteiger partial charge in [0.05, 0.1) is 19.6 Å². The van der Waals surface area contributed by atoms with Gasteiger partial charge >= 0.3 is 0 Å². The molecule has 0 radical (unpaired) electrons. The number of nitrogens with one attached hydrogen (secondary N) is 2. The number of sulfone groups is 1. The van der Waals surface area contributed by atoms with Gasteiger partial charge in [-0.05, 0) is 68.5 Å². The molecule has 0 atom stereocenters. The molecule has 0 aliphatic heterocycles. The van der Waals surface area contributed by atoms with Gasteiger partial charge in [0.1, 0.15) is 0 Å². The second-order valence-corrected chi connectivity index (χ2v) is 14.5. The third-order valence-corrected chi connectivity index (χ3v) is 11.5. The van der Waals surface area contributed by atoms with Gasteiger partial charge in [0, 0.05) is 12.1 Å². The van der Waals surface area contributed by atoms with Gasteiger partial charge in [-0.15, -0.1) is 0 Å². The van der Waals surface area contributed by atoms with Crippen molar-refractivity contribution in [2.24, 2.45) is 0 Å². The molecule has 0 saturated heterocycles. The molecular formula is C23H30N2O6S3. The molecule has 2 saturated carbocycles. The molecule has 4 rings (SSSR count). The van der Waals surface area contributed by atoms with Crippen LogP contribution in [0.2, 0.25) is 0 Å². The van der Waals surface area contributed by atoms with Crippen LogP contribution in [-0.2, 0) is 29.9 Å². The van der Waals surface area contributed by atoms with Gasteiger partial charge in [0.15, 0.2) is 0 Å². The van der Waals surface area contributed by atoms with Gasteiger partial charge in [-0.3, -0.25) is 0 Å². The van der Waals surface area contributed by atoms with E-state index in [1.165, 1.54) is 30.3 Å². The van der Waals surface area contributed by atoms with Crippen molar-refractivity contribution < 1.29 is 25.3 Å². The van der Waals surface area contributed by atoms with Crippen LogP contribution in [0.1, 0.15) is 56.9 Å². The molecule has 8 nitrogen and oxygen atoms in total. The van der Waals surface area contributed by atoms with E-state index in [4.69, 9.17) is 0 Å². The van der Waals surface area contributed by atoms with Crippen LogP contribution >= 0.6 is 0 Å². The minimum Gasteiger partial charge on any atom is -0.219 e. The fourth-order valence-corrected chi connectivity index (χ4v) is 9.05. The molecule has 2 aromatic rings. The summed E-state index contributed by atoms with van der Waals surface area (Å²) in [7, 11) is -11.9. The van der Waals surface area contributed by atoms with Crippen LogP contribution in [0.4, 0.5) is 0 Å². The zero-order valence-corrected chi connectivity index (χ0v) is 21.5. The molecule has 0 unspecified atom stereocenters. The van der Waals surface area contributed by atoms with Crippen molar-refractivity contribution in [1.29, 1.82) is 0 Å². The molecule has 2 N–H and O–H groups in total. The Balaban J connectivity index is 1.66. The molecule has 11 heteroatoms. The van der Waals surface area contributed by atoms with Crippen molar-refractivity contribution in [3.8, 4) is 0 Å². The van der Waals surface area contributed by atoms with Gasteiger partial charge in [-0.1, -0.05) is 37.8 Å². The lowest BCUT2D eigenvalue weighted by atomic mass is 10.2. The van der Waals surface area contributed by atoms with E-state index in [2.05, 4.69) is 9.44 Å². The van der Waals surface area contributed by atoms with Gasteiger partial charge in [-0.25, -0.2) is 34.7 Å². The zero-order chi connectivity index (χ0) is 24.6. The lowest BCUT2D eigenvalue weighted by molar-refractivity contribution is 0.550. The number of rotatable bonds is 8. The molecule has 34 heavy (non-hydrogen) atoms. The molecule has 2 aliphatic rings. The van der Waals surface area contributed by atoms with E-state index in [1.54, 1.807) is 6.92 Å². The zero-order valence-electron chi connectivity index (χ0n) is 19.0. The summed E-state index contributed by atoms with van der Waals surface area (Å²) in [5, 5.41) is 0. The summed E-state index contributed by atoms with van der Waals surface area (Å²) in [6.45, 7) is 1.61. The molecule has 186 valence electrons. The lowest BCUT2D eigenvalue weighted by Crippen LogP contribution is -2.33. The molecule has 0 aromatic heterocycles. The first-order chi connectivity index (χ1) is 16.0. The molecule has 0 amide bonds. The first-order valence-corrected chi connectivity index (χ1v) is 15.9. The average Bonchev–Trinajstić information content (AvgIpc) is 3.47. The van der Waals surface area contributed by atoms with Crippen LogP contribution in [0, 0.1) is 6.92 Å². The monoisotopic (exact) mass is 526 g/mol. The maximum Gasteiger partial charge on any atom is 0.241 e. The lowest BCUT2D eigenvalue weighted by Gasteiger charge is -2.16. The predicted octanol–water partition coefficient (Wildman–Crippen LogP) is 3.27. The number of aryl methyl sites for hydroxylation is 1. The highest BCUT2D eigenvalue weighted by Gasteiger charge is 2.28. The molecule has 0 heterocycles. The topological polar surface area (TPSA) is 126 Å². The molecular weight excluding hydrogens is 496 g/mol. The highest BCUT2D eigenvalue weighted by atomic mass is 32.2. The van der Waals surface area contributed by atoms with Crippen molar-refractivity contribution in [3.05, 3.63) is 48.0 Å². The Morgan fingerprint density at radius 3 is 1.74 bits per heavy atom. The normalized spacial score (nSPS) is 18.5. The first kappa shape index (κ1) is 25.3. The fraction of sp³-hybridized carbons (Fsp3) is 0.478. The Hall–Kier alpha value is -1.79. The van der Waals surface area contributed by atoms with Crippen LogP contribution in [0.5, 0.6) is 0 Å². The second-order valence-electron chi connectivity index (χ2n) is 9.11. The Bertz CT molecular complexity index is 1370. The summed E-state index contributed by atoms with van der Waals surface area (Å²) in [6, 6.07) is 8.82. The van der Waals surface area contributed by atoms with Crippen LogP contribution in [0.25, 0.3) is 0 Å². The Morgan fingerprint density at radius 2 is 1.15 bits per heavy atom. The van der Waals surface area contributed by atoms with E-state index < -0.39 is 29.9 Å². The molecule has 2 aliphatic carbocycles. The minimum absolute atomic E-state index is 0.0906. The van der Waals surface area contributed by atoms with E-state index in [0.29, 0.717) is 5.56 Å². The van der Waals surface area contributed by atoms with Crippen LogP contribution in [0.15, 0.2) is 62.0 Å². The summed E-state index contributed by atoms with van der Waals surface area (Å²) in [5.41, 5.74) is 0.432. The molecule has 0 bridgehead atoms. The van der Waals surface area contributed by atoms with E-state index in [0.717, 1.165) is 63.5 Å². The van der Waals surface area contributed by atoms with Crippen molar-refractivity contribution in [3.63, 3.8) is 0 Å². The summed E-state index contributed by atoms with van der Waals surface area (Å²) >= 11 is 0. The number of benzene rings is 2. The summed E-state index contributed by atoms with van der Waals surface area (Å²) in [6.07, 6.45) is 6.84. The Kier molecular flexibility index (Phi) is 7.21. The minimum atomic E-state index is -4.16. The number of sulfonamides is 2. The van der Waals surface area contributed by atoms with E-state index in [1.807, 2.05) is 0 Å².